The van der Waals surface area contributed by atoms with Crippen LogP contribution in [0.15, 0.2) is 0 Å². The molecule has 2 aliphatic carbocycles. The Hall–Kier alpha value is -0.120. The molecule has 4 atom stereocenters. The van der Waals surface area contributed by atoms with Crippen LogP contribution in [0, 0.1) is 17.8 Å². The predicted molar refractivity (Wildman–Crippen MR) is 68.5 cm³/mol. The summed E-state index contributed by atoms with van der Waals surface area (Å²) in [4.78, 5) is 0. The molecule has 3 heteroatoms. The molecule has 0 spiro atoms. The Labute approximate surface area is 104 Å². The van der Waals surface area contributed by atoms with Crippen molar-refractivity contribution < 1.29 is 10.2 Å². The van der Waals surface area contributed by atoms with Crippen molar-refractivity contribution in [3.05, 3.63) is 0 Å². The average Bonchev–Trinajstić information content (AvgIpc) is 2.39. The quantitative estimate of drug-likeness (QED) is 0.704. The fourth-order valence-corrected chi connectivity index (χ4v) is 3.70. The second-order valence-corrected chi connectivity index (χ2v) is 6.08. The van der Waals surface area contributed by atoms with Crippen molar-refractivity contribution in [2.75, 3.05) is 6.61 Å². The van der Waals surface area contributed by atoms with E-state index in [0.717, 1.165) is 32.1 Å². The molecule has 3 nitrogen and oxygen atoms in total. The lowest BCUT2D eigenvalue weighted by molar-refractivity contribution is -0.00614. The Kier molecular flexibility index (Phi) is 4.83. The highest BCUT2D eigenvalue weighted by Crippen LogP contribution is 2.36. The lowest BCUT2D eigenvalue weighted by Gasteiger charge is -2.40. The molecular formula is C14H27NO2. The first kappa shape index (κ1) is 13.3. The van der Waals surface area contributed by atoms with E-state index in [1.165, 1.54) is 19.3 Å². The Morgan fingerprint density at radius 2 is 1.76 bits per heavy atom. The Morgan fingerprint density at radius 3 is 2.41 bits per heavy atom. The molecule has 100 valence electrons. The fourth-order valence-electron chi connectivity index (χ4n) is 3.70. The van der Waals surface area contributed by atoms with Crippen molar-refractivity contribution >= 4 is 0 Å². The van der Waals surface area contributed by atoms with Crippen molar-refractivity contribution in [1.82, 2.24) is 0 Å². The van der Waals surface area contributed by atoms with Crippen molar-refractivity contribution in [3.63, 3.8) is 0 Å². The van der Waals surface area contributed by atoms with E-state index in [1.54, 1.807) is 0 Å². The molecule has 0 aromatic heterocycles. The minimum absolute atomic E-state index is 0.134. The van der Waals surface area contributed by atoms with Gasteiger partial charge in [-0.2, -0.15) is 0 Å². The van der Waals surface area contributed by atoms with Gasteiger partial charge in [0.25, 0.3) is 0 Å². The number of aliphatic hydroxyl groups is 2. The van der Waals surface area contributed by atoms with Gasteiger partial charge in [-0.25, -0.2) is 0 Å². The molecule has 0 aromatic rings. The third-order valence-corrected chi connectivity index (χ3v) is 4.89. The number of rotatable bonds is 3. The van der Waals surface area contributed by atoms with Crippen molar-refractivity contribution in [1.29, 1.82) is 0 Å². The maximum absolute atomic E-state index is 10.5. The largest absolute Gasteiger partial charge is 0.396 e. The van der Waals surface area contributed by atoms with Crippen LogP contribution < -0.4 is 5.73 Å². The fraction of sp³-hybridized carbons (Fsp3) is 1.00. The van der Waals surface area contributed by atoms with E-state index in [0.29, 0.717) is 11.8 Å². The molecule has 2 rings (SSSR count). The van der Waals surface area contributed by atoms with E-state index in [2.05, 4.69) is 0 Å². The van der Waals surface area contributed by atoms with Crippen LogP contribution in [-0.4, -0.2) is 29.0 Å². The van der Waals surface area contributed by atoms with Gasteiger partial charge < -0.3 is 15.9 Å². The van der Waals surface area contributed by atoms with Crippen molar-refractivity contribution in [3.8, 4) is 0 Å². The minimum atomic E-state index is -0.236. The molecule has 0 radical (unpaired) electrons. The van der Waals surface area contributed by atoms with Gasteiger partial charge >= 0.3 is 0 Å². The summed E-state index contributed by atoms with van der Waals surface area (Å²) in [5.41, 5.74) is 6.16. The summed E-state index contributed by atoms with van der Waals surface area (Å²) in [5, 5.41) is 19.8. The maximum Gasteiger partial charge on any atom is 0.0611 e. The normalized spacial score (nSPS) is 37.9. The highest BCUT2D eigenvalue weighted by Gasteiger charge is 2.36. The van der Waals surface area contributed by atoms with Crippen LogP contribution in [0.5, 0.6) is 0 Å². The molecule has 2 unspecified atom stereocenters. The van der Waals surface area contributed by atoms with Crippen LogP contribution in [0.1, 0.15) is 51.4 Å². The highest BCUT2D eigenvalue weighted by molar-refractivity contribution is 4.90. The molecule has 0 saturated heterocycles. The molecule has 2 fully saturated rings. The van der Waals surface area contributed by atoms with E-state index in [1.807, 2.05) is 0 Å². The van der Waals surface area contributed by atoms with Gasteiger partial charge in [0.2, 0.25) is 0 Å². The number of nitrogens with two attached hydrogens (primary N) is 1. The van der Waals surface area contributed by atoms with E-state index in [4.69, 9.17) is 5.73 Å². The lowest BCUT2D eigenvalue weighted by Crippen LogP contribution is -2.46. The first-order valence-electron chi connectivity index (χ1n) is 7.27. The van der Waals surface area contributed by atoms with E-state index >= 15 is 0 Å². The summed E-state index contributed by atoms with van der Waals surface area (Å²) in [6.45, 7) is 0.251. The molecule has 0 aliphatic heterocycles. The molecule has 17 heavy (non-hydrogen) atoms. The van der Waals surface area contributed by atoms with Crippen LogP contribution in [-0.2, 0) is 0 Å². The first-order valence-corrected chi connectivity index (χ1v) is 7.27. The molecule has 2 aliphatic rings. The number of hydrogen-bond donors (Lipinski definition) is 3. The standard InChI is InChI=1S/C14H27NO2/c15-13-7-6-10(9-16)8-12(13)14(17)11-4-2-1-3-5-11/h10-14,16-17H,1-9,15H2/t10?,12?,13-,14+/m1/s1. The topological polar surface area (TPSA) is 66.5 Å². The number of aliphatic hydroxyl groups excluding tert-OH is 2. The Balaban J connectivity index is 1.93. The Morgan fingerprint density at radius 1 is 1.06 bits per heavy atom. The SMILES string of the molecule is N[C@@H]1CCC(CO)CC1[C@@H](O)C1CCCCC1. The summed E-state index contributed by atoms with van der Waals surface area (Å²) in [7, 11) is 0. The van der Waals surface area contributed by atoms with Gasteiger partial charge in [-0.3, -0.25) is 0 Å². The van der Waals surface area contributed by atoms with Crippen LogP contribution in [0.4, 0.5) is 0 Å². The zero-order valence-corrected chi connectivity index (χ0v) is 10.7. The minimum Gasteiger partial charge on any atom is -0.396 e. The zero-order chi connectivity index (χ0) is 12.3. The lowest BCUT2D eigenvalue weighted by atomic mass is 9.70. The summed E-state index contributed by atoms with van der Waals surface area (Å²) in [6.07, 6.45) is 8.81. The molecule has 2 saturated carbocycles. The monoisotopic (exact) mass is 241 g/mol. The highest BCUT2D eigenvalue weighted by atomic mass is 16.3. The first-order chi connectivity index (χ1) is 8.22. The zero-order valence-electron chi connectivity index (χ0n) is 10.7. The smallest absolute Gasteiger partial charge is 0.0611 e. The van der Waals surface area contributed by atoms with Gasteiger partial charge in [0, 0.05) is 18.6 Å². The van der Waals surface area contributed by atoms with Crippen LogP contribution in [0.2, 0.25) is 0 Å². The van der Waals surface area contributed by atoms with Crippen molar-refractivity contribution in [2.45, 2.75) is 63.5 Å². The van der Waals surface area contributed by atoms with E-state index in [-0.39, 0.29) is 24.7 Å². The van der Waals surface area contributed by atoms with Crippen molar-refractivity contribution in [2.24, 2.45) is 23.5 Å². The summed E-state index contributed by atoms with van der Waals surface area (Å²) >= 11 is 0. The average molecular weight is 241 g/mol. The Bertz CT molecular complexity index is 228. The van der Waals surface area contributed by atoms with Crippen LogP contribution in [0.25, 0.3) is 0 Å². The van der Waals surface area contributed by atoms with Crippen LogP contribution in [0.3, 0.4) is 0 Å². The van der Waals surface area contributed by atoms with Gasteiger partial charge in [0.1, 0.15) is 0 Å². The molecule has 0 amide bonds. The van der Waals surface area contributed by atoms with Crippen LogP contribution >= 0.6 is 0 Å². The van der Waals surface area contributed by atoms with E-state index < -0.39 is 0 Å². The van der Waals surface area contributed by atoms with Gasteiger partial charge in [-0.1, -0.05) is 19.3 Å². The molecule has 0 heterocycles. The second kappa shape index (κ2) is 6.17. The van der Waals surface area contributed by atoms with Gasteiger partial charge in [0.05, 0.1) is 6.10 Å². The molecule has 4 N–H and O–H groups in total. The summed E-state index contributed by atoms with van der Waals surface area (Å²) in [5.74, 6) is 1.03. The predicted octanol–water partition coefficient (Wildman–Crippen LogP) is 1.66. The van der Waals surface area contributed by atoms with Gasteiger partial charge in [-0.15, -0.1) is 0 Å². The molecule has 0 bridgehead atoms. The third kappa shape index (κ3) is 3.21. The summed E-state index contributed by atoms with van der Waals surface area (Å²) in [6, 6.07) is 0.134. The van der Waals surface area contributed by atoms with Gasteiger partial charge in [-0.05, 0) is 43.9 Å². The molecule has 0 aromatic carbocycles. The van der Waals surface area contributed by atoms with Gasteiger partial charge in [0.15, 0.2) is 0 Å². The summed E-state index contributed by atoms with van der Waals surface area (Å²) < 4.78 is 0. The second-order valence-electron chi connectivity index (χ2n) is 6.08. The maximum atomic E-state index is 10.5. The third-order valence-electron chi connectivity index (χ3n) is 4.89. The van der Waals surface area contributed by atoms with E-state index in [9.17, 15) is 10.2 Å². The number of hydrogen-bond acceptors (Lipinski definition) is 3. The molecular weight excluding hydrogens is 214 g/mol.